The second-order valence-electron chi connectivity index (χ2n) is 25.8. The summed E-state index contributed by atoms with van der Waals surface area (Å²) in [7, 11) is -1.21. The first-order chi connectivity index (χ1) is 35.1. The van der Waals surface area contributed by atoms with Gasteiger partial charge < -0.3 is 14.4 Å². The van der Waals surface area contributed by atoms with Crippen molar-refractivity contribution < 1.29 is 25.9 Å². The molecule has 5 aromatic carbocycles. The van der Waals surface area contributed by atoms with Crippen LogP contribution in [0.3, 0.4) is 0 Å². The standard InChI is InChI=1S/C50H57N2OSi.C19H24N.Ir/c1-30(2)39-18-19-40(48-47(39)41-17-14-36(29-51)45(49(41)53-48)34-12-15-38(16-13-34)50(7,8)9)44-28-35(20-23-52-44)46-42(31(3)4)26-37(27-43(46)32(5)6)33-21-24-54(10,11)25-22-33;1-18(2,3)15-9-7-8-14(12-15)17-13-16(10-11-20-17)19(4,5)6;/h12-18,20,23,26-28,30-33H,21-22,24-25H2,1-11H3;7,9-13H,1-6H3;/q2*-1;/i33D;;. The molecule has 1 radical (unpaired) electrons. The van der Waals surface area contributed by atoms with Crippen molar-refractivity contribution in [3.8, 4) is 50.8 Å². The minimum absolute atomic E-state index is 0. The van der Waals surface area contributed by atoms with Gasteiger partial charge >= 0.3 is 0 Å². The van der Waals surface area contributed by atoms with Crippen LogP contribution in [0.5, 0.6) is 0 Å². The van der Waals surface area contributed by atoms with Gasteiger partial charge in [-0.2, -0.15) is 5.26 Å². The van der Waals surface area contributed by atoms with E-state index in [2.05, 4.69) is 219 Å². The summed E-state index contributed by atoms with van der Waals surface area (Å²) in [6.07, 6.45) is 5.72. The van der Waals surface area contributed by atoms with E-state index in [4.69, 9.17) is 9.40 Å². The molecule has 0 atom stereocenters. The van der Waals surface area contributed by atoms with Crippen LogP contribution in [0.25, 0.3) is 66.7 Å². The van der Waals surface area contributed by atoms with Gasteiger partial charge in [0, 0.05) is 52.9 Å². The number of fused-ring (bicyclic) bond motifs is 3. The van der Waals surface area contributed by atoms with Crippen molar-refractivity contribution in [3.63, 3.8) is 0 Å². The van der Waals surface area contributed by atoms with E-state index in [0.29, 0.717) is 11.1 Å². The number of hydrogen-bond donors (Lipinski definition) is 0. The van der Waals surface area contributed by atoms with Gasteiger partial charge in [0.1, 0.15) is 5.58 Å². The Balaban J connectivity index is 0.000000336. The van der Waals surface area contributed by atoms with E-state index < -0.39 is 14.0 Å². The van der Waals surface area contributed by atoms with Crippen LogP contribution in [-0.4, -0.2) is 18.0 Å². The van der Waals surface area contributed by atoms with Crippen LogP contribution in [0.2, 0.25) is 25.2 Å². The summed E-state index contributed by atoms with van der Waals surface area (Å²) >= 11 is 0. The molecule has 0 unspecified atom stereocenters. The fraction of sp³-hybridized carbons (Fsp3) is 0.406. The van der Waals surface area contributed by atoms with Crippen molar-refractivity contribution in [2.75, 3.05) is 0 Å². The zero-order valence-electron chi connectivity index (χ0n) is 49.0. The zero-order chi connectivity index (χ0) is 54.6. The van der Waals surface area contributed by atoms with Crippen molar-refractivity contribution in [3.05, 3.63) is 166 Å². The summed E-state index contributed by atoms with van der Waals surface area (Å²) in [6.45, 7) is 38.5. The van der Waals surface area contributed by atoms with Crippen molar-refractivity contribution in [2.45, 2.75) is 182 Å². The van der Waals surface area contributed by atoms with Crippen LogP contribution >= 0.6 is 0 Å². The molecular formula is C69H81IrN3OSi-2. The fourth-order valence-electron chi connectivity index (χ4n) is 10.6. The number of nitriles is 1. The van der Waals surface area contributed by atoms with Gasteiger partial charge in [-0.15, -0.1) is 53.1 Å². The molecule has 0 spiro atoms. The Morgan fingerprint density at radius 3 is 1.77 bits per heavy atom. The monoisotopic (exact) mass is 1190 g/mol. The van der Waals surface area contributed by atoms with Gasteiger partial charge in [0.15, 0.2) is 0 Å². The second kappa shape index (κ2) is 22.3. The molecule has 393 valence electrons. The van der Waals surface area contributed by atoms with Gasteiger partial charge in [-0.3, -0.25) is 0 Å². The molecule has 0 N–H and O–H groups in total. The predicted molar refractivity (Wildman–Crippen MR) is 317 cm³/mol. The molecule has 6 heteroatoms. The number of benzene rings is 5. The number of pyridine rings is 2. The fourth-order valence-corrected chi connectivity index (χ4v) is 12.8. The van der Waals surface area contributed by atoms with Gasteiger partial charge in [-0.05, 0) is 121 Å². The first kappa shape index (κ1) is 55.8. The van der Waals surface area contributed by atoms with Crippen molar-refractivity contribution >= 4 is 30.0 Å². The van der Waals surface area contributed by atoms with Crippen LogP contribution in [0, 0.1) is 23.5 Å². The molecule has 75 heavy (non-hydrogen) atoms. The Hall–Kier alpha value is -5.44. The van der Waals surface area contributed by atoms with E-state index in [-0.39, 0.29) is 54.1 Å². The molecular weight excluding hydrogens is 1110 g/mol. The molecule has 0 saturated carbocycles. The number of nitrogens with zero attached hydrogens (tertiary/aromatic N) is 3. The Labute approximate surface area is 467 Å². The summed E-state index contributed by atoms with van der Waals surface area (Å²) in [5, 5.41) is 12.4. The Kier molecular flexibility index (Phi) is 16.6. The van der Waals surface area contributed by atoms with E-state index in [0.717, 1.165) is 74.0 Å². The molecule has 1 aliphatic rings. The third-order valence-corrected chi connectivity index (χ3v) is 18.7. The number of hydrogen-bond acceptors (Lipinski definition) is 4. The van der Waals surface area contributed by atoms with E-state index in [1.54, 1.807) is 0 Å². The molecule has 0 amide bonds. The minimum atomic E-state index is -1.21. The summed E-state index contributed by atoms with van der Waals surface area (Å²) in [6, 6.07) is 46.2. The summed E-state index contributed by atoms with van der Waals surface area (Å²) < 4.78 is 16.7. The molecule has 4 heterocycles. The normalized spacial score (nSPS) is 14.9. The molecule has 1 aliphatic heterocycles. The maximum Gasteiger partial charge on any atom is 0.130 e. The van der Waals surface area contributed by atoms with Crippen LogP contribution in [0.15, 0.2) is 114 Å². The van der Waals surface area contributed by atoms with Gasteiger partial charge in [0.25, 0.3) is 0 Å². The maximum absolute atomic E-state index is 10.3. The molecule has 1 saturated heterocycles. The van der Waals surface area contributed by atoms with E-state index in [9.17, 15) is 6.63 Å². The average Bonchev–Trinajstić information content (AvgIpc) is 3.78. The summed E-state index contributed by atoms with van der Waals surface area (Å²) in [4.78, 5) is 9.49. The molecule has 0 bridgehead atoms. The van der Waals surface area contributed by atoms with E-state index in [1.807, 2.05) is 30.6 Å². The van der Waals surface area contributed by atoms with Crippen LogP contribution < -0.4 is 0 Å². The van der Waals surface area contributed by atoms with Gasteiger partial charge in [-0.25, -0.2) is 0 Å². The third-order valence-electron chi connectivity index (χ3n) is 15.5. The molecule has 3 aromatic heterocycles. The largest absolute Gasteiger partial charge is 0.500 e. The number of rotatable bonds is 8. The van der Waals surface area contributed by atoms with Crippen LogP contribution in [-0.2, 0) is 36.4 Å². The summed E-state index contributed by atoms with van der Waals surface area (Å²) in [5.74, 6) is 0.269. The van der Waals surface area contributed by atoms with Crippen molar-refractivity contribution in [1.82, 2.24) is 9.97 Å². The third kappa shape index (κ3) is 12.4. The Bertz CT molecular complexity index is 3330. The first-order valence-corrected chi connectivity index (χ1v) is 30.6. The average molecular weight is 1190 g/mol. The maximum atomic E-state index is 10.3. The van der Waals surface area contributed by atoms with Crippen molar-refractivity contribution in [1.29, 1.82) is 5.26 Å². The first-order valence-electron chi connectivity index (χ1n) is 27.7. The molecule has 4 nitrogen and oxygen atoms in total. The Morgan fingerprint density at radius 2 is 1.20 bits per heavy atom. The molecule has 1 fully saturated rings. The second-order valence-corrected chi connectivity index (χ2v) is 31.2. The SMILES string of the molecule is CC(C)(C)c1cc[c-]c(-c2cc(C(C)(C)C)ccn2)c1.[2H]C1(c2cc(C(C)C)c(-c3ccnc(-c4[c-]cc(C(C)C)c5c4oc4c(-c6ccc(C(C)(C)C)cc6)c(C#N)ccc45)c3)c(C(C)C)c2)CC[Si](C)(C)CC1.[Ir]. The van der Waals surface area contributed by atoms with Crippen molar-refractivity contribution in [2.24, 2.45) is 0 Å². The van der Waals surface area contributed by atoms with Crippen LogP contribution in [0.1, 0.15) is 186 Å². The minimum Gasteiger partial charge on any atom is -0.500 e. The zero-order valence-corrected chi connectivity index (χ0v) is 51.4. The Morgan fingerprint density at radius 1 is 0.627 bits per heavy atom. The topological polar surface area (TPSA) is 62.7 Å². The smallest absolute Gasteiger partial charge is 0.130 e. The molecule has 8 aromatic rings. The van der Waals surface area contributed by atoms with Gasteiger partial charge in [0.2, 0.25) is 0 Å². The van der Waals surface area contributed by atoms with Crippen LogP contribution in [0.4, 0.5) is 0 Å². The van der Waals surface area contributed by atoms with E-state index in [1.165, 1.54) is 51.0 Å². The van der Waals surface area contributed by atoms with Gasteiger partial charge in [-0.1, -0.05) is 201 Å². The summed E-state index contributed by atoms with van der Waals surface area (Å²) in [5.41, 5.74) is 19.0. The molecule has 0 aliphatic carbocycles. The predicted octanol–water partition coefficient (Wildman–Crippen LogP) is 20.0. The molecule has 9 rings (SSSR count). The quantitative estimate of drug-likeness (QED) is 0.112. The van der Waals surface area contributed by atoms with Gasteiger partial charge in [0.05, 0.1) is 17.2 Å². The number of aromatic nitrogens is 2. The van der Waals surface area contributed by atoms with E-state index >= 15 is 0 Å². The number of furan rings is 1.